The minimum absolute atomic E-state index is 0.321. The summed E-state index contributed by atoms with van der Waals surface area (Å²) in [6.45, 7) is 11.3. The van der Waals surface area contributed by atoms with E-state index >= 15 is 0 Å². The molecule has 1 rings (SSSR count). The maximum absolute atomic E-state index is 12.2. The summed E-state index contributed by atoms with van der Waals surface area (Å²) in [5.41, 5.74) is 5.64. The minimum Gasteiger partial charge on any atom is -0.340 e. The molecule has 0 bridgehead atoms. The highest BCUT2D eigenvalue weighted by atomic mass is 16.2. The third-order valence-corrected chi connectivity index (χ3v) is 4.15. The molecule has 1 amide bonds. The highest BCUT2D eigenvalue weighted by molar-refractivity contribution is 5.76. The second-order valence-corrected chi connectivity index (χ2v) is 5.74. The van der Waals surface area contributed by atoms with Crippen molar-refractivity contribution >= 4 is 5.91 Å². The molecule has 1 aliphatic heterocycles. The minimum atomic E-state index is 0.321. The van der Waals surface area contributed by atoms with Gasteiger partial charge in [0, 0.05) is 39.1 Å². The number of amides is 1. The molecule has 0 aromatic rings. The first kappa shape index (κ1) is 17.2. The number of rotatable bonds is 9. The molecule has 1 unspecified atom stereocenters. The maximum Gasteiger partial charge on any atom is 0.222 e. The second-order valence-electron chi connectivity index (χ2n) is 5.74. The van der Waals surface area contributed by atoms with Gasteiger partial charge in [-0.05, 0) is 25.3 Å². The molecule has 0 saturated carbocycles. The molecule has 2 N–H and O–H groups in total. The summed E-state index contributed by atoms with van der Waals surface area (Å²) in [4.78, 5) is 16.6. The Morgan fingerprint density at radius 2 is 1.95 bits per heavy atom. The van der Waals surface area contributed by atoms with Crippen LogP contribution in [0.2, 0.25) is 0 Å². The molecule has 4 nitrogen and oxygen atoms in total. The van der Waals surface area contributed by atoms with Crippen LogP contribution in [0.5, 0.6) is 0 Å². The van der Waals surface area contributed by atoms with Gasteiger partial charge in [-0.3, -0.25) is 9.69 Å². The van der Waals surface area contributed by atoms with Gasteiger partial charge in [-0.15, -0.1) is 6.58 Å². The fourth-order valence-electron chi connectivity index (χ4n) is 2.93. The van der Waals surface area contributed by atoms with Crippen LogP contribution in [0.1, 0.15) is 39.0 Å². The maximum atomic E-state index is 12.2. The molecule has 0 aliphatic carbocycles. The van der Waals surface area contributed by atoms with Crippen molar-refractivity contribution in [1.29, 1.82) is 0 Å². The lowest BCUT2D eigenvalue weighted by Crippen LogP contribution is -2.48. The average molecular weight is 281 g/mol. The van der Waals surface area contributed by atoms with Crippen molar-refractivity contribution in [1.82, 2.24) is 9.80 Å². The van der Waals surface area contributed by atoms with E-state index < -0.39 is 0 Å². The standard InChI is InChI=1S/C16H31N3O/c1-3-5-15(8-9-17)6-7-16(20)19-13-11-18(10-4-2)12-14-19/h4,15H,2-3,5-14,17H2,1H3. The third-order valence-electron chi connectivity index (χ3n) is 4.15. The molecule has 0 aromatic heterocycles. The van der Waals surface area contributed by atoms with Gasteiger partial charge >= 0.3 is 0 Å². The molecule has 1 aliphatic rings. The normalized spacial score (nSPS) is 18.0. The smallest absolute Gasteiger partial charge is 0.222 e. The summed E-state index contributed by atoms with van der Waals surface area (Å²) in [6.07, 6.45) is 7.04. The molecule has 4 heteroatoms. The van der Waals surface area contributed by atoms with Crippen LogP contribution < -0.4 is 5.73 Å². The summed E-state index contributed by atoms with van der Waals surface area (Å²) in [5.74, 6) is 0.942. The average Bonchev–Trinajstić information content (AvgIpc) is 2.46. The Kier molecular flexibility index (Phi) is 8.54. The summed E-state index contributed by atoms with van der Waals surface area (Å²) >= 11 is 0. The summed E-state index contributed by atoms with van der Waals surface area (Å²) in [7, 11) is 0. The largest absolute Gasteiger partial charge is 0.340 e. The molecular weight excluding hydrogens is 250 g/mol. The molecule has 1 heterocycles. The Morgan fingerprint density at radius 3 is 2.50 bits per heavy atom. The number of hydrogen-bond acceptors (Lipinski definition) is 3. The van der Waals surface area contributed by atoms with E-state index in [-0.39, 0.29) is 0 Å². The van der Waals surface area contributed by atoms with E-state index in [0.717, 1.165) is 52.1 Å². The van der Waals surface area contributed by atoms with E-state index in [4.69, 9.17) is 5.73 Å². The highest BCUT2D eigenvalue weighted by Gasteiger charge is 2.20. The number of nitrogens with two attached hydrogens (primary N) is 1. The number of hydrogen-bond donors (Lipinski definition) is 1. The first-order valence-electron chi connectivity index (χ1n) is 8.02. The number of piperazine rings is 1. The Hall–Kier alpha value is -0.870. The van der Waals surface area contributed by atoms with Crippen LogP contribution in [0.3, 0.4) is 0 Å². The lowest BCUT2D eigenvalue weighted by Gasteiger charge is -2.34. The van der Waals surface area contributed by atoms with E-state index in [1.165, 1.54) is 12.8 Å². The van der Waals surface area contributed by atoms with Crippen LogP contribution in [0.25, 0.3) is 0 Å². The van der Waals surface area contributed by atoms with Crippen molar-refractivity contribution in [2.24, 2.45) is 11.7 Å². The topological polar surface area (TPSA) is 49.6 Å². The van der Waals surface area contributed by atoms with Gasteiger partial charge in [-0.25, -0.2) is 0 Å². The molecule has 20 heavy (non-hydrogen) atoms. The molecule has 0 radical (unpaired) electrons. The second kappa shape index (κ2) is 9.94. The van der Waals surface area contributed by atoms with Gasteiger partial charge in [0.15, 0.2) is 0 Å². The monoisotopic (exact) mass is 281 g/mol. The van der Waals surface area contributed by atoms with Gasteiger partial charge in [-0.2, -0.15) is 0 Å². The van der Waals surface area contributed by atoms with Crippen molar-refractivity contribution in [2.75, 3.05) is 39.3 Å². The molecule has 116 valence electrons. The third kappa shape index (κ3) is 6.06. The Morgan fingerprint density at radius 1 is 1.25 bits per heavy atom. The van der Waals surface area contributed by atoms with Crippen molar-refractivity contribution in [3.8, 4) is 0 Å². The molecule has 1 atom stereocenters. The highest BCUT2D eigenvalue weighted by Crippen LogP contribution is 2.18. The quantitative estimate of drug-likeness (QED) is 0.656. The van der Waals surface area contributed by atoms with Crippen LogP contribution in [-0.4, -0.2) is 55.0 Å². The number of nitrogens with zero attached hydrogens (tertiary/aromatic N) is 2. The molecule has 0 spiro atoms. The van der Waals surface area contributed by atoms with Crippen LogP contribution >= 0.6 is 0 Å². The first-order chi connectivity index (χ1) is 9.71. The van der Waals surface area contributed by atoms with E-state index in [9.17, 15) is 4.79 Å². The van der Waals surface area contributed by atoms with E-state index in [2.05, 4.69) is 18.4 Å². The summed E-state index contributed by atoms with van der Waals surface area (Å²) in [6, 6.07) is 0. The Bertz CT molecular complexity index is 279. The van der Waals surface area contributed by atoms with Crippen molar-refractivity contribution in [3.05, 3.63) is 12.7 Å². The number of carbonyl (C=O) groups is 1. The predicted molar refractivity (Wildman–Crippen MR) is 84.5 cm³/mol. The van der Waals surface area contributed by atoms with Crippen LogP contribution in [-0.2, 0) is 4.79 Å². The molecular formula is C16H31N3O. The lowest BCUT2D eigenvalue weighted by atomic mass is 9.94. The summed E-state index contributed by atoms with van der Waals surface area (Å²) < 4.78 is 0. The fraction of sp³-hybridized carbons (Fsp3) is 0.812. The van der Waals surface area contributed by atoms with Crippen molar-refractivity contribution < 1.29 is 4.79 Å². The predicted octanol–water partition coefficient (Wildman–Crippen LogP) is 1.86. The van der Waals surface area contributed by atoms with Crippen LogP contribution in [0, 0.1) is 5.92 Å². The SMILES string of the molecule is C=CCN1CCN(C(=O)CCC(CCC)CCN)CC1. The van der Waals surface area contributed by atoms with Gasteiger partial charge < -0.3 is 10.6 Å². The van der Waals surface area contributed by atoms with Gasteiger partial charge in [0.1, 0.15) is 0 Å². The number of carbonyl (C=O) groups excluding carboxylic acids is 1. The fourth-order valence-corrected chi connectivity index (χ4v) is 2.93. The molecule has 0 aromatic carbocycles. The van der Waals surface area contributed by atoms with Crippen LogP contribution in [0.15, 0.2) is 12.7 Å². The van der Waals surface area contributed by atoms with E-state index in [0.29, 0.717) is 18.2 Å². The van der Waals surface area contributed by atoms with Crippen molar-refractivity contribution in [3.63, 3.8) is 0 Å². The van der Waals surface area contributed by atoms with Gasteiger partial charge in [0.2, 0.25) is 5.91 Å². The van der Waals surface area contributed by atoms with Crippen LogP contribution in [0.4, 0.5) is 0 Å². The van der Waals surface area contributed by atoms with Gasteiger partial charge in [-0.1, -0.05) is 25.8 Å². The van der Waals surface area contributed by atoms with E-state index in [1.54, 1.807) is 0 Å². The lowest BCUT2D eigenvalue weighted by molar-refractivity contribution is -0.133. The Balaban J connectivity index is 2.27. The zero-order valence-electron chi connectivity index (χ0n) is 13.0. The Labute approximate surface area is 124 Å². The molecule has 1 fully saturated rings. The van der Waals surface area contributed by atoms with E-state index in [1.807, 2.05) is 11.0 Å². The molecule has 1 saturated heterocycles. The van der Waals surface area contributed by atoms with Gasteiger partial charge in [0.25, 0.3) is 0 Å². The van der Waals surface area contributed by atoms with Crippen molar-refractivity contribution in [2.45, 2.75) is 39.0 Å². The van der Waals surface area contributed by atoms with Gasteiger partial charge in [0.05, 0.1) is 0 Å². The zero-order chi connectivity index (χ0) is 14.8. The zero-order valence-corrected chi connectivity index (χ0v) is 13.0. The summed E-state index contributed by atoms with van der Waals surface area (Å²) in [5, 5.41) is 0. The first-order valence-corrected chi connectivity index (χ1v) is 8.02.